The first-order valence-electron chi connectivity index (χ1n) is 12.9. The average molecular weight is 520 g/mol. The number of carbonyl (C=O) groups is 4. The van der Waals surface area contributed by atoms with Crippen LogP contribution < -0.4 is 10.6 Å². The highest BCUT2D eigenvalue weighted by Crippen LogP contribution is 2.38. The van der Waals surface area contributed by atoms with Gasteiger partial charge in [0.15, 0.2) is 0 Å². The molecule has 0 radical (unpaired) electrons. The zero-order valence-corrected chi connectivity index (χ0v) is 22.7. The third-order valence-corrected chi connectivity index (χ3v) is 5.58. The van der Waals surface area contributed by atoms with Crippen molar-refractivity contribution in [1.29, 1.82) is 0 Å². The van der Waals surface area contributed by atoms with E-state index in [1.807, 2.05) is 13.8 Å². The summed E-state index contributed by atoms with van der Waals surface area (Å²) >= 11 is 0. The largest absolute Gasteiger partial charge is 0.508 e. The monoisotopic (exact) mass is 519 g/mol. The van der Waals surface area contributed by atoms with Gasteiger partial charge in [0, 0.05) is 18.2 Å². The molecule has 2 rings (SSSR count). The summed E-state index contributed by atoms with van der Waals surface area (Å²) in [7, 11) is 0. The van der Waals surface area contributed by atoms with Gasteiger partial charge < -0.3 is 30.1 Å². The fourth-order valence-electron chi connectivity index (χ4n) is 3.95. The lowest BCUT2D eigenvalue weighted by Gasteiger charge is -2.35. The molecule has 1 aliphatic carbocycles. The first-order valence-corrected chi connectivity index (χ1v) is 12.9. The number of benzene rings is 1. The molecule has 0 saturated heterocycles. The van der Waals surface area contributed by atoms with Crippen molar-refractivity contribution in [2.75, 3.05) is 13.2 Å². The van der Waals surface area contributed by atoms with Gasteiger partial charge in [-0.2, -0.15) is 0 Å². The molecule has 0 spiro atoms. The van der Waals surface area contributed by atoms with Crippen molar-refractivity contribution >= 4 is 23.9 Å². The lowest BCUT2D eigenvalue weighted by Crippen LogP contribution is -2.54. The maximum atomic E-state index is 14.0. The Morgan fingerprint density at radius 3 is 2.32 bits per heavy atom. The SMILES string of the molecule is CCOC(=O)CCNC(=O)C(c1ccccc1O)N(C(=O)C(CC(C)C)NC(=O)OC(C)(C)C)C1CC1. The summed E-state index contributed by atoms with van der Waals surface area (Å²) in [5, 5.41) is 16.0. The van der Waals surface area contributed by atoms with Gasteiger partial charge in [-0.25, -0.2) is 4.79 Å². The molecule has 2 unspecified atom stereocenters. The number of nitrogens with zero attached hydrogens (tertiary/aromatic N) is 1. The third kappa shape index (κ3) is 9.59. The van der Waals surface area contributed by atoms with Crippen LogP contribution in [0.2, 0.25) is 0 Å². The van der Waals surface area contributed by atoms with Gasteiger partial charge in [-0.05, 0) is 58.9 Å². The smallest absolute Gasteiger partial charge is 0.408 e. The van der Waals surface area contributed by atoms with E-state index in [1.165, 1.54) is 11.0 Å². The van der Waals surface area contributed by atoms with E-state index >= 15 is 0 Å². The second-order valence-corrected chi connectivity index (χ2v) is 10.6. The Morgan fingerprint density at radius 1 is 1.14 bits per heavy atom. The topological polar surface area (TPSA) is 134 Å². The highest BCUT2D eigenvalue weighted by atomic mass is 16.6. The molecule has 0 heterocycles. The number of hydrogen-bond acceptors (Lipinski definition) is 7. The summed E-state index contributed by atoms with van der Waals surface area (Å²) in [4.78, 5) is 53.2. The van der Waals surface area contributed by atoms with Crippen molar-refractivity contribution in [3.63, 3.8) is 0 Å². The highest BCUT2D eigenvalue weighted by molar-refractivity contribution is 5.93. The lowest BCUT2D eigenvalue weighted by atomic mass is 9.98. The minimum absolute atomic E-state index is 0.0139. The highest BCUT2D eigenvalue weighted by Gasteiger charge is 2.44. The van der Waals surface area contributed by atoms with Crippen molar-refractivity contribution in [1.82, 2.24) is 15.5 Å². The van der Waals surface area contributed by atoms with E-state index in [9.17, 15) is 24.3 Å². The number of para-hydroxylation sites is 1. The molecule has 1 aromatic carbocycles. The van der Waals surface area contributed by atoms with Crippen LogP contribution in [0.15, 0.2) is 24.3 Å². The van der Waals surface area contributed by atoms with Gasteiger partial charge in [0.1, 0.15) is 23.4 Å². The molecule has 10 nitrogen and oxygen atoms in total. The molecule has 0 aromatic heterocycles. The van der Waals surface area contributed by atoms with Crippen LogP contribution in [-0.4, -0.2) is 64.7 Å². The minimum atomic E-state index is -1.15. The van der Waals surface area contributed by atoms with Crippen LogP contribution >= 0.6 is 0 Å². The fraction of sp³-hybridized carbons (Fsp3) is 0.630. The maximum absolute atomic E-state index is 14.0. The average Bonchev–Trinajstić information content (AvgIpc) is 3.61. The van der Waals surface area contributed by atoms with E-state index < -0.39 is 41.6 Å². The number of rotatable bonds is 12. The van der Waals surface area contributed by atoms with Gasteiger partial charge in [0.05, 0.1) is 13.0 Å². The number of phenols is 1. The Kier molecular flexibility index (Phi) is 10.8. The fourth-order valence-corrected chi connectivity index (χ4v) is 3.95. The molecule has 1 fully saturated rings. The number of carbonyl (C=O) groups excluding carboxylic acids is 4. The molecule has 10 heteroatoms. The number of nitrogens with one attached hydrogen (secondary N) is 2. The van der Waals surface area contributed by atoms with Gasteiger partial charge >= 0.3 is 12.1 Å². The van der Waals surface area contributed by atoms with E-state index in [0.29, 0.717) is 19.3 Å². The molecular weight excluding hydrogens is 478 g/mol. The van der Waals surface area contributed by atoms with E-state index in [1.54, 1.807) is 45.9 Å². The Labute approximate surface area is 219 Å². The number of esters is 1. The number of phenolic OH excluding ortho intramolecular Hbond substituents is 1. The van der Waals surface area contributed by atoms with Gasteiger partial charge in [-0.1, -0.05) is 32.0 Å². The molecule has 0 aliphatic heterocycles. The van der Waals surface area contributed by atoms with Gasteiger partial charge in [0.2, 0.25) is 11.8 Å². The normalized spacial score (nSPS) is 14.9. The first-order chi connectivity index (χ1) is 17.3. The number of aromatic hydroxyl groups is 1. The Hall–Kier alpha value is -3.30. The Balaban J connectivity index is 2.38. The predicted octanol–water partition coefficient (Wildman–Crippen LogP) is 3.43. The molecule has 3 N–H and O–H groups in total. The summed E-state index contributed by atoms with van der Waals surface area (Å²) in [5.41, 5.74) is -0.486. The molecule has 37 heavy (non-hydrogen) atoms. The Bertz CT molecular complexity index is 954. The van der Waals surface area contributed by atoms with Crippen molar-refractivity contribution in [3.8, 4) is 5.75 Å². The maximum Gasteiger partial charge on any atom is 0.408 e. The molecule has 3 amide bonds. The van der Waals surface area contributed by atoms with Crippen molar-refractivity contribution in [2.24, 2.45) is 5.92 Å². The first kappa shape index (κ1) is 29.9. The van der Waals surface area contributed by atoms with E-state index in [-0.39, 0.29) is 42.8 Å². The van der Waals surface area contributed by atoms with Gasteiger partial charge in [-0.3, -0.25) is 14.4 Å². The van der Waals surface area contributed by atoms with Crippen LogP contribution in [0.1, 0.15) is 78.8 Å². The van der Waals surface area contributed by atoms with Crippen LogP contribution in [0.3, 0.4) is 0 Å². The summed E-state index contributed by atoms with van der Waals surface area (Å²) in [6.07, 6.45) is 0.958. The zero-order valence-electron chi connectivity index (χ0n) is 22.7. The minimum Gasteiger partial charge on any atom is -0.508 e. The second kappa shape index (κ2) is 13.3. The number of alkyl carbamates (subject to hydrolysis) is 1. The number of amides is 3. The van der Waals surface area contributed by atoms with Crippen molar-refractivity contribution in [2.45, 2.75) is 91.0 Å². The summed E-state index contributed by atoms with van der Waals surface area (Å²) in [5.74, 6) is -1.49. The van der Waals surface area contributed by atoms with E-state index in [4.69, 9.17) is 9.47 Å². The predicted molar refractivity (Wildman–Crippen MR) is 138 cm³/mol. The van der Waals surface area contributed by atoms with Gasteiger partial charge in [0.25, 0.3) is 0 Å². The molecule has 1 saturated carbocycles. The molecule has 1 aromatic rings. The van der Waals surface area contributed by atoms with E-state index in [2.05, 4.69) is 10.6 Å². The van der Waals surface area contributed by atoms with Crippen LogP contribution in [0.5, 0.6) is 5.75 Å². The van der Waals surface area contributed by atoms with Crippen LogP contribution in [0, 0.1) is 5.92 Å². The molecular formula is C27H41N3O7. The standard InChI is InChI=1S/C27H41N3O7/c1-7-36-22(32)14-15-28-24(33)23(19-10-8-9-11-21(19)31)30(18-12-13-18)25(34)20(16-17(2)3)29-26(35)37-27(4,5)6/h8-11,17-18,20,23,31H,7,12-16H2,1-6H3,(H,28,33)(H,29,35). The van der Waals surface area contributed by atoms with Crippen LogP contribution in [0.4, 0.5) is 4.79 Å². The third-order valence-electron chi connectivity index (χ3n) is 5.58. The number of ether oxygens (including phenoxy) is 2. The van der Waals surface area contributed by atoms with Crippen LogP contribution in [0.25, 0.3) is 0 Å². The van der Waals surface area contributed by atoms with E-state index in [0.717, 1.165) is 0 Å². The van der Waals surface area contributed by atoms with Crippen molar-refractivity contribution < 1.29 is 33.8 Å². The summed E-state index contributed by atoms with van der Waals surface area (Å²) < 4.78 is 10.3. The molecule has 206 valence electrons. The van der Waals surface area contributed by atoms with Crippen LogP contribution in [-0.2, 0) is 23.9 Å². The molecule has 1 aliphatic rings. The summed E-state index contributed by atoms with van der Waals surface area (Å²) in [6, 6.07) is 4.02. The lowest BCUT2D eigenvalue weighted by molar-refractivity contribution is -0.145. The molecule has 0 bridgehead atoms. The molecule has 2 atom stereocenters. The second-order valence-electron chi connectivity index (χ2n) is 10.6. The summed E-state index contributed by atoms with van der Waals surface area (Å²) in [6.45, 7) is 11.0. The number of hydrogen-bond donors (Lipinski definition) is 3. The van der Waals surface area contributed by atoms with Crippen molar-refractivity contribution in [3.05, 3.63) is 29.8 Å². The zero-order chi connectivity index (χ0) is 27.8. The van der Waals surface area contributed by atoms with Gasteiger partial charge in [-0.15, -0.1) is 0 Å². The Morgan fingerprint density at radius 2 is 1.78 bits per heavy atom. The quantitative estimate of drug-likeness (QED) is 0.360.